The Hall–Kier alpha value is -2.42. The molecule has 29 heavy (non-hydrogen) atoms. The summed E-state index contributed by atoms with van der Waals surface area (Å²) in [6, 6.07) is 9.17. The molecule has 3 heteroatoms. The highest BCUT2D eigenvalue weighted by Crippen LogP contribution is 2.36. The van der Waals surface area contributed by atoms with Crippen LogP contribution in [0.3, 0.4) is 0 Å². The number of carbonyl (C=O) groups excluding carboxylic acids is 2. The van der Waals surface area contributed by atoms with E-state index in [2.05, 4.69) is 13.8 Å². The molecule has 0 aliphatic heterocycles. The number of rotatable bonds is 10. The lowest BCUT2D eigenvalue weighted by atomic mass is 9.77. The van der Waals surface area contributed by atoms with Gasteiger partial charge in [-0.2, -0.15) is 0 Å². The van der Waals surface area contributed by atoms with Gasteiger partial charge in [-0.1, -0.05) is 76.6 Å². The molecule has 0 radical (unpaired) electrons. The van der Waals surface area contributed by atoms with Crippen molar-refractivity contribution < 1.29 is 9.59 Å². The standard InChI is InChI=1S/C26H33NO2/c1-3-5-7-9-13-18-17-22(27)21(16-10-8-6-4-2)24-23(18)25(28)19-14-11-12-15-20(19)26(24)29/h11-12,14-15,17H,3-10,13,16,27H2,1-2H3. The SMILES string of the molecule is CCCCCCc1cc(N)c(CCCCCC)c2c1C(=O)c1ccccc1C2=O. The monoisotopic (exact) mass is 391 g/mol. The highest BCUT2D eigenvalue weighted by molar-refractivity contribution is 6.29. The fourth-order valence-corrected chi connectivity index (χ4v) is 4.40. The van der Waals surface area contributed by atoms with Crippen LogP contribution in [0.4, 0.5) is 5.69 Å². The van der Waals surface area contributed by atoms with Crippen molar-refractivity contribution in [2.45, 2.75) is 78.1 Å². The fourth-order valence-electron chi connectivity index (χ4n) is 4.40. The van der Waals surface area contributed by atoms with Gasteiger partial charge in [0.05, 0.1) is 0 Å². The van der Waals surface area contributed by atoms with Crippen molar-refractivity contribution in [3.8, 4) is 0 Å². The molecular formula is C26H33NO2. The molecule has 0 heterocycles. The Kier molecular flexibility index (Phi) is 7.24. The number of carbonyl (C=O) groups is 2. The summed E-state index contributed by atoms with van der Waals surface area (Å²) in [5, 5.41) is 0. The van der Waals surface area contributed by atoms with Gasteiger partial charge in [0.2, 0.25) is 0 Å². The van der Waals surface area contributed by atoms with Crippen molar-refractivity contribution in [1.82, 2.24) is 0 Å². The van der Waals surface area contributed by atoms with E-state index in [-0.39, 0.29) is 11.6 Å². The van der Waals surface area contributed by atoms with Gasteiger partial charge < -0.3 is 5.73 Å². The first kappa shape index (κ1) is 21.3. The third-order valence-electron chi connectivity index (χ3n) is 6.00. The number of hydrogen-bond donors (Lipinski definition) is 1. The van der Waals surface area contributed by atoms with Crippen LogP contribution >= 0.6 is 0 Å². The summed E-state index contributed by atoms with van der Waals surface area (Å²) in [5.74, 6) is -0.0571. The predicted octanol–water partition coefficient (Wildman–Crippen LogP) is 6.29. The van der Waals surface area contributed by atoms with E-state index in [0.717, 1.165) is 56.1 Å². The first-order valence-electron chi connectivity index (χ1n) is 11.2. The van der Waals surface area contributed by atoms with Gasteiger partial charge in [-0.15, -0.1) is 0 Å². The molecule has 0 unspecified atom stereocenters. The fraction of sp³-hybridized carbons (Fsp3) is 0.462. The smallest absolute Gasteiger partial charge is 0.194 e. The number of benzene rings is 2. The highest BCUT2D eigenvalue weighted by Gasteiger charge is 2.34. The van der Waals surface area contributed by atoms with Gasteiger partial charge in [0.15, 0.2) is 11.6 Å². The minimum Gasteiger partial charge on any atom is -0.398 e. The number of ketones is 2. The van der Waals surface area contributed by atoms with E-state index in [1.807, 2.05) is 18.2 Å². The predicted molar refractivity (Wildman–Crippen MR) is 120 cm³/mol. The van der Waals surface area contributed by atoms with Crippen LogP contribution in [0.5, 0.6) is 0 Å². The maximum Gasteiger partial charge on any atom is 0.194 e. The van der Waals surface area contributed by atoms with Gasteiger partial charge >= 0.3 is 0 Å². The van der Waals surface area contributed by atoms with Crippen LogP contribution in [0.1, 0.15) is 108 Å². The molecular weight excluding hydrogens is 358 g/mol. The second-order valence-corrected chi connectivity index (χ2v) is 8.18. The average molecular weight is 392 g/mol. The Balaban J connectivity index is 2.04. The summed E-state index contributed by atoms with van der Waals surface area (Å²) >= 11 is 0. The molecule has 0 amide bonds. The second kappa shape index (κ2) is 9.87. The molecule has 0 atom stereocenters. The molecule has 0 saturated carbocycles. The van der Waals surface area contributed by atoms with E-state index in [9.17, 15) is 9.59 Å². The van der Waals surface area contributed by atoms with Crippen LogP contribution < -0.4 is 5.73 Å². The van der Waals surface area contributed by atoms with Crippen molar-refractivity contribution >= 4 is 17.3 Å². The Morgan fingerprint density at radius 2 is 1.28 bits per heavy atom. The maximum absolute atomic E-state index is 13.4. The van der Waals surface area contributed by atoms with Crippen molar-refractivity contribution in [3.05, 3.63) is 63.7 Å². The summed E-state index contributed by atoms with van der Waals surface area (Å²) in [4.78, 5) is 26.8. The second-order valence-electron chi connectivity index (χ2n) is 8.18. The Labute approximate surface area is 174 Å². The summed E-state index contributed by atoms with van der Waals surface area (Å²) in [5.41, 5.74) is 11.2. The summed E-state index contributed by atoms with van der Waals surface area (Å²) < 4.78 is 0. The molecule has 0 spiro atoms. The molecule has 1 aliphatic carbocycles. The van der Waals surface area contributed by atoms with Crippen molar-refractivity contribution in [2.75, 3.05) is 5.73 Å². The number of nitrogens with two attached hydrogens (primary N) is 1. The van der Waals surface area contributed by atoms with E-state index in [1.165, 1.54) is 19.3 Å². The molecule has 3 nitrogen and oxygen atoms in total. The number of fused-ring (bicyclic) bond motifs is 2. The first-order valence-corrected chi connectivity index (χ1v) is 11.2. The largest absolute Gasteiger partial charge is 0.398 e. The Morgan fingerprint density at radius 3 is 1.86 bits per heavy atom. The molecule has 0 bridgehead atoms. The zero-order valence-corrected chi connectivity index (χ0v) is 17.9. The van der Waals surface area contributed by atoms with E-state index in [0.29, 0.717) is 27.9 Å². The number of unbranched alkanes of at least 4 members (excludes halogenated alkanes) is 6. The van der Waals surface area contributed by atoms with Crippen LogP contribution in [0.25, 0.3) is 0 Å². The third kappa shape index (κ3) is 4.44. The van der Waals surface area contributed by atoms with Crippen LogP contribution in [-0.4, -0.2) is 11.6 Å². The lowest BCUT2D eigenvalue weighted by Gasteiger charge is -2.24. The van der Waals surface area contributed by atoms with Crippen LogP contribution in [0, 0.1) is 0 Å². The van der Waals surface area contributed by atoms with Crippen LogP contribution in [0.2, 0.25) is 0 Å². The number of aryl methyl sites for hydroxylation is 1. The van der Waals surface area contributed by atoms with E-state index in [1.54, 1.807) is 12.1 Å². The normalized spacial score (nSPS) is 12.8. The van der Waals surface area contributed by atoms with Gasteiger partial charge in [0.1, 0.15) is 0 Å². The van der Waals surface area contributed by atoms with Gasteiger partial charge in [0, 0.05) is 27.9 Å². The molecule has 2 aromatic rings. The summed E-state index contributed by atoms with van der Waals surface area (Å²) in [6.45, 7) is 4.37. The zero-order valence-electron chi connectivity index (χ0n) is 17.9. The van der Waals surface area contributed by atoms with Gasteiger partial charge in [0.25, 0.3) is 0 Å². The molecule has 0 saturated heterocycles. The van der Waals surface area contributed by atoms with Gasteiger partial charge in [-0.3, -0.25) is 9.59 Å². The van der Waals surface area contributed by atoms with E-state index in [4.69, 9.17) is 5.73 Å². The van der Waals surface area contributed by atoms with E-state index >= 15 is 0 Å². The lowest BCUT2D eigenvalue weighted by Crippen LogP contribution is -2.25. The Morgan fingerprint density at radius 1 is 0.724 bits per heavy atom. The minimum atomic E-state index is -0.0391. The molecule has 2 N–H and O–H groups in total. The van der Waals surface area contributed by atoms with Crippen molar-refractivity contribution in [2.24, 2.45) is 0 Å². The number of hydrogen-bond acceptors (Lipinski definition) is 3. The maximum atomic E-state index is 13.4. The quantitative estimate of drug-likeness (QED) is 0.326. The zero-order chi connectivity index (χ0) is 20.8. The molecule has 3 rings (SSSR count). The highest BCUT2D eigenvalue weighted by atomic mass is 16.1. The van der Waals surface area contributed by atoms with Crippen molar-refractivity contribution in [1.29, 1.82) is 0 Å². The number of nitrogen functional groups attached to an aromatic ring is 1. The minimum absolute atomic E-state index is 0.0181. The Bertz CT molecular complexity index is 898. The molecule has 2 aromatic carbocycles. The average Bonchev–Trinajstić information content (AvgIpc) is 2.73. The van der Waals surface area contributed by atoms with Gasteiger partial charge in [-0.25, -0.2) is 0 Å². The molecule has 1 aliphatic rings. The van der Waals surface area contributed by atoms with E-state index < -0.39 is 0 Å². The molecule has 0 aromatic heterocycles. The lowest BCUT2D eigenvalue weighted by molar-refractivity contribution is 0.0977. The molecule has 154 valence electrons. The third-order valence-corrected chi connectivity index (χ3v) is 6.00. The summed E-state index contributed by atoms with van der Waals surface area (Å²) in [6.07, 6.45) is 10.5. The number of anilines is 1. The molecule has 0 fully saturated rings. The van der Waals surface area contributed by atoms with Crippen LogP contribution in [0.15, 0.2) is 30.3 Å². The van der Waals surface area contributed by atoms with Crippen LogP contribution in [-0.2, 0) is 12.8 Å². The summed E-state index contributed by atoms with van der Waals surface area (Å²) in [7, 11) is 0. The van der Waals surface area contributed by atoms with Crippen molar-refractivity contribution in [3.63, 3.8) is 0 Å². The van der Waals surface area contributed by atoms with Gasteiger partial charge in [-0.05, 0) is 42.9 Å². The topological polar surface area (TPSA) is 60.2 Å². The first-order chi connectivity index (χ1) is 14.1.